The van der Waals surface area contributed by atoms with Gasteiger partial charge < -0.3 is 19.8 Å². The number of ether oxygens (including phenoxy) is 1. The van der Waals surface area contributed by atoms with Gasteiger partial charge in [-0.25, -0.2) is 0 Å². The second-order valence-electron chi connectivity index (χ2n) is 5.57. The molecule has 0 aromatic carbocycles. The van der Waals surface area contributed by atoms with E-state index in [4.69, 9.17) is 9.15 Å². The molecule has 0 radical (unpaired) electrons. The molecule has 1 fully saturated rings. The van der Waals surface area contributed by atoms with Crippen LogP contribution < -0.4 is 10.6 Å². The summed E-state index contributed by atoms with van der Waals surface area (Å²) in [7, 11) is 0. The maximum Gasteiger partial charge on any atom is 0.315 e. The molecule has 1 aliphatic heterocycles. The zero-order valence-corrected chi connectivity index (χ0v) is 12.0. The molecule has 1 saturated heterocycles. The molecule has 0 bridgehead atoms. The zero-order valence-electron chi connectivity index (χ0n) is 12.0. The molecular formula is C13H24N4O2. The lowest BCUT2D eigenvalue weighted by Gasteiger charge is -2.27. The molecule has 19 heavy (non-hydrogen) atoms. The van der Waals surface area contributed by atoms with Crippen molar-refractivity contribution >= 4 is 6.01 Å². The number of nitrogens with zero attached hydrogens (tertiary/aromatic N) is 2. The Morgan fingerprint density at radius 1 is 1.37 bits per heavy atom. The van der Waals surface area contributed by atoms with Gasteiger partial charge in [0.15, 0.2) is 0 Å². The second kappa shape index (κ2) is 6.86. The number of aromatic nitrogens is 2. The molecule has 1 aromatic heterocycles. The van der Waals surface area contributed by atoms with Gasteiger partial charge in [0.2, 0.25) is 5.89 Å². The van der Waals surface area contributed by atoms with Crippen molar-refractivity contribution in [2.75, 3.05) is 18.5 Å². The van der Waals surface area contributed by atoms with Crippen molar-refractivity contribution in [2.24, 2.45) is 5.92 Å². The van der Waals surface area contributed by atoms with Crippen LogP contribution in [0.25, 0.3) is 0 Å². The molecule has 6 heteroatoms. The monoisotopic (exact) mass is 268 g/mol. The minimum atomic E-state index is 0.293. The molecule has 1 aromatic rings. The van der Waals surface area contributed by atoms with Crippen LogP contribution in [0.15, 0.2) is 4.42 Å². The summed E-state index contributed by atoms with van der Waals surface area (Å²) in [6.45, 7) is 8.78. The Bertz CT molecular complexity index is 380. The summed E-state index contributed by atoms with van der Waals surface area (Å²) in [5, 5.41) is 14.6. The standard InChI is InChI=1S/C13H24N4O2/c1-9(2)7-14-8-12-16-17-13(19-12)15-11-4-5-18-10(3)6-11/h9-11,14H,4-8H2,1-3H3,(H,15,17). The third kappa shape index (κ3) is 4.80. The fraction of sp³-hybridized carbons (Fsp3) is 0.846. The van der Waals surface area contributed by atoms with Gasteiger partial charge >= 0.3 is 6.01 Å². The van der Waals surface area contributed by atoms with Gasteiger partial charge in [0.1, 0.15) is 0 Å². The molecule has 2 atom stereocenters. The van der Waals surface area contributed by atoms with E-state index < -0.39 is 0 Å². The van der Waals surface area contributed by atoms with E-state index in [-0.39, 0.29) is 0 Å². The first kappa shape index (κ1) is 14.3. The maximum absolute atomic E-state index is 5.57. The Morgan fingerprint density at radius 3 is 2.95 bits per heavy atom. The Morgan fingerprint density at radius 2 is 2.21 bits per heavy atom. The molecule has 2 N–H and O–H groups in total. The minimum Gasteiger partial charge on any atom is -0.407 e. The lowest BCUT2D eigenvalue weighted by Crippen LogP contribution is -2.32. The molecule has 108 valence electrons. The van der Waals surface area contributed by atoms with Crippen LogP contribution >= 0.6 is 0 Å². The number of anilines is 1. The molecule has 1 aliphatic rings. The number of hydrogen-bond donors (Lipinski definition) is 2. The molecule has 0 amide bonds. The van der Waals surface area contributed by atoms with E-state index in [1.807, 2.05) is 0 Å². The molecular weight excluding hydrogens is 244 g/mol. The van der Waals surface area contributed by atoms with E-state index in [0.29, 0.717) is 36.5 Å². The highest BCUT2D eigenvalue weighted by molar-refractivity contribution is 5.19. The van der Waals surface area contributed by atoms with Crippen LogP contribution in [0, 0.1) is 5.92 Å². The normalized spacial score (nSPS) is 23.8. The Hall–Kier alpha value is -1.14. The van der Waals surface area contributed by atoms with Crippen molar-refractivity contribution in [2.45, 2.75) is 52.3 Å². The van der Waals surface area contributed by atoms with Gasteiger partial charge in [0, 0.05) is 12.6 Å². The third-order valence-electron chi connectivity index (χ3n) is 3.11. The van der Waals surface area contributed by atoms with Gasteiger partial charge in [-0.15, -0.1) is 5.10 Å². The number of nitrogens with one attached hydrogen (secondary N) is 2. The van der Waals surface area contributed by atoms with E-state index in [2.05, 4.69) is 41.6 Å². The van der Waals surface area contributed by atoms with Crippen LogP contribution in [0.4, 0.5) is 6.01 Å². The van der Waals surface area contributed by atoms with E-state index in [9.17, 15) is 0 Å². The lowest BCUT2D eigenvalue weighted by atomic mass is 10.1. The highest BCUT2D eigenvalue weighted by Crippen LogP contribution is 2.17. The average Bonchev–Trinajstić information content (AvgIpc) is 2.76. The summed E-state index contributed by atoms with van der Waals surface area (Å²) in [5.41, 5.74) is 0. The largest absolute Gasteiger partial charge is 0.407 e. The lowest BCUT2D eigenvalue weighted by molar-refractivity contribution is 0.0229. The van der Waals surface area contributed by atoms with Crippen molar-refractivity contribution in [3.8, 4) is 0 Å². The number of rotatable bonds is 6. The molecule has 2 rings (SSSR count). The Balaban J connectivity index is 1.77. The fourth-order valence-electron chi connectivity index (χ4n) is 2.15. The highest BCUT2D eigenvalue weighted by Gasteiger charge is 2.20. The molecule has 2 heterocycles. The molecule has 0 spiro atoms. The van der Waals surface area contributed by atoms with Crippen molar-refractivity contribution in [3.05, 3.63) is 5.89 Å². The Kier molecular flexibility index (Phi) is 5.15. The molecule has 6 nitrogen and oxygen atoms in total. The summed E-state index contributed by atoms with van der Waals surface area (Å²) >= 11 is 0. The Labute approximate surface area is 114 Å². The first-order chi connectivity index (χ1) is 9.13. The van der Waals surface area contributed by atoms with E-state index in [0.717, 1.165) is 26.0 Å². The van der Waals surface area contributed by atoms with Crippen molar-refractivity contribution in [1.29, 1.82) is 0 Å². The van der Waals surface area contributed by atoms with Gasteiger partial charge in [-0.3, -0.25) is 0 Å². The minimum absolute atomic E-state index is 0.293. The fourth-order valence-corrected chi connectivity index (χ4v) is 2.15. The molecule has 0 saturated carbocycles. The van der Waals surface area contributed by atoms with Crippen LogP contribution in [-0.2, 0) is 11.3 Å². The van der Waals surface area contributed by atoms with Gasteiger partial charge in [-0.05, 0) is 32.2 Å². The summed E-state index contributed by atoms with van der Waals surface area (Å²) in [6, 6.07) is 0.876. The van der Waals surface area contributed by atoms with Crippen molar-refractivity contribution in [1.82, 2.24) is 15.5 Å². The van der Waals surface area contributed by atoms with Crippen LogP contribution in [0.2, 0.25) is 0 Å². The highest BCUT2D eigenvalue weighted by atomic mass is 16.5. The van der Waals surface area contributed by atoms with E-state index in [1.54, 1.807) is 0 Å². The summed E-state index contributed by atoms with van der Waals surface area (Å²) in [5.74, 6) is 1.24. The second-order valence-corrected chi connectivity index (χ2v) is 5.57. The van der Waals surface area contributed by atoms with Crippen molar-refractivity contribution < 1.29 is 9.15 Å². The molecule has 2 unspecified atom stereocenters. The smallest absolute Gasteiger partial charge is 0.315 e. The first-order valence-corrected chi connectivity index (χ1v) is 7.04. The SMILES string of the molecule is CC(C)CNCc1nnc(NC2CCOC(C)C2)o1. The topological polar surface area (TPSA) is 72.2 Å². The summed E-state index contributed by atoms with van der Waals surface area (Å²) < 4.78 is 11.1. The summed E-state index contributed by atoms with van der Waals surface area (Å²) in [6.07, 6.45) is 2.25. The predicted molar refractivity (Wildman–Crippen MR) is 72.9 cm³/mol. The predicted octanol–water partition coefficient (Wildman–Crippen LogP) is 1.79. The van der Waals surface area contributed by atoms with Gasteiger partial charge in [0.25, 0.3) is 0 Å². The first-order valence-electron chi connectivity index (χ1n) is 7.04. The summed E-state index contributed by atoms with van der Waals surface area (Å²) in [4.78, 5) is 0. The maximum atomic E-state index is 5.57. The quantitative estimate of drug-likeness (QED) is 0.819. The average molecular weight is 268 g/mol. The van der Waals surface area contributed by atoms with Crippen LogP contribution in [0.5, 0.6) is 0 Å². The van der Waals surface area contributed by atoms with E-state index >= 15 is 0 Å². The third-order valence-corrected chi connectivity index (χ3v) is 3.11. The van der Waals surface area contributed by atoms with Crippen LogP contribution in [0.1, 0.15) is 39.5 Å². The van der Waals surface area contributed by atoms with Crippen molar-refractivity contribution in [3.63, 3.8) is 0 Å². The van der Waals surface area contributed by atoms with Gasteiger partial charge in [0.05, 0.1) is 12.6 Å². The van der Waals surface area contributed by atoms with Gasteiger partial charge in [-0.1, -0.05) is 18.9 Å². The van der Waals surface area contributed by atoms with Gasteiger partial charge in [-0.2, -0.15) is 0 Å². The zero-order chi connectivity index (χ0) is 13.7. The van der Waals surface area contributed by atoms with Crippen LogP contribution in [-0.4, -0.2) is 35.5 Å². The van der Waals surface area contributed by atoms with Crippen LogP contribution in [0.3, 0.4) is 0 Å². The van der Waals surface area contributed by atoms with E-state index in [1.165, 1.54) is 0 Å². The molecule has 0 aliphatic carbocycles. The number of hydrogen-bond acceptors (Lipinski definition) is 6.